The number of unbranched alkanes of at least 4 members (excludes halogenated alkanes) is 1. The summed E-state index contributed by atoms with van der Waals surface area (Å²) in [6.07, 6.45) is 0.270. The standard InChI is InChI=1S/C42H65N9O12/c1-24(2)19-30(38(58)47-31(21-33(43)54)39(59)49-32(41(61)62-5)20-27-11-7-6-8-12-27)48-40(60)36(26(4)53)50-37(57)25(3)44-34(55)13-9-10-14-35(56)63-23-29-16-18-51-17-15-28(22-52)45-42(51)46-29/h6-8,11-12,24-26,28-32,36,52-53H,9-10,13-23H2,1-5H3,(H2,43,54)(H,44,55)(H,45,46)(H,47,58)(H,48,60)(H,49,59)(H,50,57)/t25-,26+,28-,29-,30-,31-,32-,36-/m0/s1. The summed E-state index contributed by atoms with van der Waals surface area (Å²) in [7, 11) is 1.14. The summed E-state index contributed by atoms with van der Waals surface area (Å²) >= 11 is 0. The summed E-state index contributed by atoms with van der Waals surface area (Å²) in [6.45, 7) is 7.86. The van der Waals surface area contributed by atoms with E-state index in [9.17, 15) is 48.6 Å². The van der Waals surface area contributed by atoms with Gasteiger partial charge in [-0.05, 0) is 57.4 Å². The van der Waals surface area contributed by atoms with Crippen molar-refractivity contribution in [1.29, 1.82) is 0 Å². The molecule has 6 amide bonds. The largest absolute Gasteiger partial charge is 0.467 e. The lowest BCUT2D eigenvalue weighted by Crippen LogP contribution is -2.61. The van der Waals surface area contributed by atoms with Gasteiger partial charge < -0.3 is 62.2 Å². The molecule has 10 N–H and O–H groups in total. The number of nitrogens with zero attached hydrogens (tertiary/aromatic N) is 2. The van der Waals surface area contributed by atoms with E-state index in [0.717, 1.165) is 33.0 Å². The van der Waals surface area contributed by atoms with Crippen LogP contribution in [0.2, 0.25) is 0 Å². The number of nitrogens with two attached hydrogens (primary N) is 1. The molecule has 1 aromatic carbocycles. The Balaban J connectivity index is 1.50. The number of nitrogens with one attached hydrogen (secondary N) is 6. The zero-order valence-corrected chi connectivity index (χ0v) is 36.7. The van der Waals surface area contributed by atoms with Gasteiger partial charge >= 0.3 is 11.9 Å². The van der Waals surface area contributed by atoms with Gasteiger partial charge in [0.2, 0.25) is 35.4 Å². The molecule has 0 aliphatic carbocycles. The highest BCUT2D eigenvalue weighted by atomic mass is 16.5. The number of carbonyl (C=O) groups is 8. The molecule has 0 saturated carbocycles. The van der Waals surface area contributed by atoms with Gasteiger partial charge in [-0.2, -0.15) is 0 Å². The summed E-state index contributed by atoms with van der Waals surface area (Å²) in [6, 6.07) is 1.71. The number of benzene rings is 1. The molecule has 0 spiro atoms. The number of guanidine groups is 1. The minimum Gasteiger partial charge on any atom is -0.467 e. The summed E-state index contributed by atoms with van der Waals surface area (Å²) in [5.41, 5.74) is 6.09. The number of hydrogen-bond acceptors (Lipinski definition) is 15. The number of methoxy groups -OCH3 is 1. The molecule has 1 fully saturated rings. The van der Waals surface area contributed by atoms with Gasteiger partial charge in [0.05, 0.1) is 38.3 Å². The monoisotopic (exact) mass is 887 g/mol. The molecule has 2 aliphatic rings. The van der Waals surface area contributed by atoms with Gasteiger partial charge in [-0.1, -0.05) is 44.2 Å². The maximum absolute atomic E-state index is 13.6. The Labute approximate surface area is 367 Å². The molecule has 21 heteroatoms. The van der Waals surface area contributed by atoms with E-state index in [1.54, 1.807) is 44.2 Å². The quantitative estimate of drug-likeness (QED) is 0.0381. The van der Waals surface area contributed by atoms with E-state index >= 15 is 0 Å². The summed E-state index contributed by atoms with van der Waals surface area (Å²) < 4.78 is 10.3. The fourth-order valence-corrected chi connectivity index (χ4v) is 6.89. The summed E-state index contributed by atoms with van der Waals surface area (Å²) in [4.78, 5) is 110. The first-order valence-corrected chi connectivity index (χ1v) is 21.3. The van der Waals surface area contributed by atoms with Crippen LogP contribution in [-0.2, 0) is 54.3 Å². The second kappa shape index (κ2) is 25.9. The van der Waals surface area contributed by atoms with Gasteiger partial charge in [0.1, 0.15) is 36.8 Å². The Kier molecular flexibility index (Phi) is 21.2. The third kappa shape index (κ3) is 17.8. The zero-order chi connectivity index (χ0) is 46.6. The van der Waals surface area contributed by atoms with Gasteiger partial charge in [-0.3, -0.25) is 33.6 Å². The van der Waals surface area contributed by atoms with Crippen LogP contribution in [0.25, 0.3) is 0 Å². The van der Waals surface area contributed by atoms with Crippen LogP contribution in [0.4, 0.5) is 0 Å². The molecule has 0 radical (unpaired) electrons. The maximum Gasteiger partial charge on any atom is 0.328 e. The van der Waals surface area contributed by atoms with E-state index in [1.165, 1.54) is 13.8 Å². The van der Waals surface area contributed by atoms with Gasteiger partial charge in [0.25, 0.3) is 0 Å². The van der Waals surface area contributed by atoms with E-state index in [1.807, 2.05) is 0 Å². The van der Waals surface area contributed by atoms with Gasteiger partial charge in [0.15, 0.2) is 5.96 Å². The molecule has 3 rings (SSSR count). The second-order valence-corrected chi connectivity index (χ2v) is 16.3. The molecule has 8 atom stereocenters. The summed E-state index contributed by atoms with van der Waals surface area (Å²) in [5, 5.41) is 35.6. The van der Waals surface area contributed by atoms with Crippen molar-refractivity contribution < 1.29 is 58.0 Å². The van der Waals surface area contributed by atoms with Crippen molar-refractivity contribution in [2.45, 2.75) is 134 Å². The van der Waals surface area contributed by atoms with Gasteiger partial charge in [-0.25, -0.2) is 9.79 Å². The van der Waals surface area contributed by atoms with Crippen molar-refractivity contribution in [3.8, 4) is 0 Å². The molecule has 350 valence electrons. The van der Waals surface area contributed by atoms with Gasteiger partial charge in [-0.15, -0.1) is 0 Å². The highest BCUT2D eigenvalue weighted by Gasteiger charge is 2.35. The zero-order valence-electron chi connectivity index (χ0n) is 36.7. The first-order valence-electron chi connectivity index (χ1n) is 21.3. The van der Waals surface area contributed by atoms with Gasteiger partial charge in [0, 0.05) is 32.4 Å². The Morgan fingerprint density at radius 3 is 2.11 bits per heavy atom. The minimum absolute atomic E-state index is 0.00574. The molecule has 63 heavy (non-hydrogen) atoms. The molecule has 1 aromatic rings. The van der Waals surface area contributed by atoms with Crippen LogP contribution in [0.1, 0.15) is 84.6 Å². The molecule has 0 bridgehead atoms. The van der Waals surface area contributed by atoms with E-state index < -0.39 is 90.1 Å². The lowest BCUT2D eigenvalue weighted by atomic mass is 10.0. The number of carbonyl (C=O) groups excluding carboxylic acids is 8. The Morgan fingerprint density at radius 2 is 1.48 bits per heavy atom. The number of aliphatic imine (C=N–C) groups is 1. The highest BCUT2D eigenvalue weighted by Crippen LogP contribution is 2.15. The molecule has 2 aliphatic heterocycles. The van der Waals surface area contributed by atoms with Crippen LogP contribution in [0.5, 0.6) is 0 Å². The Morgan fingerprint density at radius 1 is 0.841 bits per heavy atom. The Bertz CT molecular complexity index is 1760. The van der Waals surface area contributed by atoms with Crippen molar-refractivity contribution in [3.63, 3.8) is 0 Å². The smallest absolute Gasteiger partial charge is 0.328 e. The average molecular weight is 888 g/mol. The number of amides is 6. The third-order valence-corrected chi connectivity index (χ3v) is 10.4. The number of aliphatic hydroxyl groups excluding tert-OH is 2. The number of rotatable bonds is 25. The van der Waals surface area contributed by atoms with Crippen LogP contribution < -0.4 is 37.6 Å². The van der Waals surface area contributed by atoms with Crippen LogP contribution in [0.3, 0.4) is 0 Å². The predicted octanol–water partition coefficient (Wildman–Crippen LogP) is -1.96. The Hall–Kier alpha value is -5.83. The van der Waals surface area contributed by atoms with Crippen LogP contribution in [-0.4, -0.2) is 150 Å². The molecule has 0 aromatic heterocycles. The fraction of sp³-hybridized carbons (Fsp3) is 0.643. The lowest BCUT2D eigenvalue weighted by Gasteiger charge is -2.39. The van der Waals surface area contributed by atoms with E-state index in [0.29, 0.717) is 24.4 Å². The molecular weight excluding hydrogens is 823 g/mol. The topological polar surface area (TPSA) is 309 Å². The van der Waals surface area contributed by atoms with E-state index in [4.69, 9.17) is 15.2 Å². The number of primary amides is 1. The maximum atomic E-state index is 13.6. The van der Waals surface area contributed by atoms with Crippen LogP contribution in [0.15, 0.2) is 35.3 Å². The van der Waals surface area contributed by atoms with Crippen molar-refractivity contribution in [3.05, 3.63) is 35.9 Å². The number of ether oxygens (including phenoxy) is 2. The first kappa shape index (κ1) is 51.5. The van der Waals surface area contributed by atoms with Crippen molar-refractivity contribution >= 4 is 53.3 Å². The van der Waals surface area contributed by atoms with E-state index in [-0.39, 0.29) is 56.9 Å². The lowest BCUT2D eigenvalue weighted by molar-refractivity contribution is -0.145. The second-order valence-electron chi connectivity index (χ2n) is 16.3. The average Bonchev–Trinajstić information content (AvgIpc) is 3.24. The number of hydrogen-bond donors (Lipinski definition) is 9. The number of fused-ring (bicyclic) bond motifs is 1. The number of aliphatic hydroxyl groups is 2. The molecule has 21 nitrogen and oxygen atoms in total. The first-order chi connectivity index (χ1) is 29.9. The molecular formula is C42H65N9O12. The number of esters is 2. The third-order valence-electron chi connectivity index (χ3n) is 10.4. The van der Waals surface area contributed by atoms with Crippen LogP contribution in [0, 0.1) is 5.92 Å². The molecule has 2 heterocycles. The van der Waals surface area contributed by atoms with Crippen molar-refractivity contribution in [2.75, 3.05) is 33.4 Å². The molecule has 0 unspecified atom stereocenters. The minimum atomic E-state index is -1.58. The SMILES string of the molecule is COC(=O)[C@H](Cc1ccccc1)NC(=O)[C@H](CC(N)=O)NC(=O)[C@H](CC(C)C)NC(=O)[C@@H](NC(=O)[C@H](C)NC(=O)CCCCC(=O)OC[C@@H]1CCN2CC[C@@H](CO)N=C2N1)[C@@H](C)O. The highest BCUT2D eigenvalue weighted by molar-refractivity contribution is 5.97. The molecule has 1 saturated heterocycles. The van der Waals surface area contributed by atoms with Crippen LogP contribution >= 0.6 is 0 Å². The fourth-order valence-electron chi connectivity index (χ4n) is 6.89. The van der Waals surface area contributed by atoms with Crippen molar-refractivity contribution in [1.82, 2.24) is 36.8 Å². The van der Waals surface area contributed by atoms with Crippen molar-refractivity contribution in [2.24, 2.45) is 16.6 Å². The summed E-state index contributed by atoms with van der Waals surface area (Å²) in [5.74, 6) is -5.67. The normalized spacial score (nSPS) is 18.6. The van der Waals surface area contributed by atoms with E-state index in [2.05, 4.69) is 41.8 Å². The predicted molar refractivity (Wildman–Crippen MR) is 228 cm³/mol.